The third kappa shape index (κ3) is 4.86. The van der Waals surface area contributed by atoms with Crippen molar-refractivity contribution in [3.05, 3.63) is 41.8 Å². The van der Waals surface area contributed by atoms with Gasteiger partial charge in [0.1, 0.15) is 0 Å². The van der Waals surface area contributed by atoms with E-state index in [1.54, 1.807) is 11.3 Å². The van der Waals surface area contributed by atoms with Crippen LogP contribution in [-0.4, -0.2) is 61.1 Å². The number of piperazine rings is 1. The summed E-state index contributed by atoms with van der Waals surface area (Å²) >= 11 is 5.99. The van der Waals surface area contributed by atoms with Crippen molar-refractivity contribution in [2.24, 2.45) is 4.99 Å². The Morgan fingerprint density at radius 1 is 1.04 bits per heavy atom. The Hall–Kier alpha value is -1.50. The number of thiophene rings is 1. The van der Waals surface area contributed by atoms with E-state index in [1.165, 1.54) is 42.8 Å². The average molecular weight is 401 g/mol. The molecule has 3 aliphatic rings. The Bertz CT molecular complexity index is 730. The lowest BCUT2D eigenvalue weighted by Crippen LogP contribution is -2.55. The minimum absolute atomic E-state index is 0.908. The SMILES string of the molecule is C1CC(N2CCN(C3=NCCN3)CC2)C1.Sc1ccc(-c2cccs2)cc1. The van der Waals surface area contributed by atoms with Crippen molar-refractivity contribution < 1.29 is 0 Å². The maximum Gasteiger partial charge on any atom is 0.194 e. The molecule has 5 rings (SSSR count). The molecule has 2 fully saturated rings. The maximum absolute atomic E-state index is 4.48. The second-order valence-corrected chi connectivity index (χ2v) is 8.73. The number of thiol groups is 1. The quantitative estimate of drug-likeness (QED) is 0.752. The number of guanidine groups is 1. The van der Waals surface area contributed by atoms with E-state index >= 15 is 0 Å². The van der Waals surface area contributed by atoms with Gasteiger partial charge in [-0.25, -0.2) is 0 Å². The molecule has 1 aliphatic carbocycles. The summed E-state index contributed by atoms with van der Waals surface area (Å²) in [6.45, 7) is 6.75. The van der Waals surface area contributed by atoms with E-state index < -0.39 is 0 Å². The highest BCUT2D eigenvalue weighted by Crippen LogP contribution is 2.26. The van der Waals surface area contributed by atoms with Gasteiger partial charge in [-0.05, 0) is 42.0 Å². The third-order valence-corrected chi connectivity index (χ3v) is 6.75. The van der Waals surface area contributed by atoms with Gasteiger partial charge < -0.3 is 10.2 Å². The summed E-state index contributed by atoms with van der Waals surface area (Å²) in [6, 6.07) is 13.3. The summed E-state index contributed by atoms with van der Waals surface area (Å²) in [7, 11) is 0. The summed E-state index contributed by atoms with van der Waals surface area (Å²) in [5.41, 5.74) is 1.27. The predicted octanol–water partition coefficient (Wildman–Crippen LogP) is 3.82. The Labute approximate surface area is 171 Å². The lowest BCUT2D eigenvalue weighted by molar-refractivity contribution is 0.0846. The van der Waals surface area contributed by atoms with Crippen molar-refractivity contribution in [2.45, 2.75) is 30.2 Å². The van der Waals surface area contributed by atoms with Crippen LogP contribution in [0.4, 0.5) is 0 Å². The van der Waals surface area contributed by atoms with Gasteiger partial charge in [0.05, 0.1) is 6.54 Å². The fourth-order valence-corrected chi connectivity index (χ4v) is 4.60. The van der Waals surface area contributed by atoms with Crippen molar-refractivity contribution in [1.82, 2.24) is 15.1 Å². The smallest absolute Gasteiger partial charge is 0.194 e. The Kier molecular flexibility index (Phi) is 6.37. The van der Waals surface area contributed by atoms with Gasteiger partial charge >= 0.3 is 0 Å². The monoisotopic (exact) mass is 400 g/mol. The maximum atomic E-state index is 4.48. The molecule has 1 N–H and O–H groups in total. The normalized spacial score (nSPS) is 20.3. The van der Waals surface area contributed by atoms with Gasteiger partial charge in [0, 0.05) is 48.5 Å². The van der Waals surface area contributed by atoms with E-state index in [2.05, 4.69) is 62.4 Å². The van der Waals surface area contributed by atoms with Crippen molar-refractivity contribution >= 4 is 29.9 Å². The van der Waals surface area contributed by atoms with Crippen LogP contribution in [-0.2, 0) is 0 Å². The second kappa shape index (κ2) is 9.13. The highest BCUT2D eigenvalue weighted by Gasteiger charge is 2.29. The van der Waals surface area contributed by atoms with Crippen molar-refractivity contribution in [3.8, 4) is 10.4 Å². The molecule has 4 nitrogen and oxygen atoms in total. The summed E-state index contributed by atoms with van der Waals surface area (Å²) in [6.07, 6.45) is 4.30. The molecular weight excluding hydrogens is 372 g/mol. The highest BCUT2D eigenvalue weighted by atomic mass is 32.1. The van der Waals surface area contributed by atoms with E-state index in [0.717, 1.165) is 43.1 Å². The molecule has 1 saturated carbocycles. The van der Waals surface area contributed by atoms with Crippen LogP contribution in [0, 0.1) is 0 Å². The number of aliphatic imine (C=N–C) groups is 1. The average Bonchev–Trinajstić information content (AvgIpc) is 3.36. The van der Waals surface area contributed by atoms with Crippen molar-refractivity contribution in [1.29, 1.82) is 0 Å². The van der Waals surface area contributed by atoms with Crippen LogP contribution in [0.5, 0.6) is 0 Å². The highest BCUT2D eigenvalue weighted by molar-refractivity contribution is 7.80. The summed E-state index contributed by atoms with van der Waals surface area (Å²) in [5, 5.41) is 5.44. The first-order valence-electron chi connectivity index (χ1n) is 9.90. The molecule has 2 aromatic rings. The molecule has 1 aromatic heterocycles. The topological polar surface area (TPSA) is 30.9 Å². The number of rotatable bonds is 2. The predicted molar refractivity (Wildman–Crippen MR) is 118 cm³/mol. The molecule has 0 amide bonds. The van der Waals surface area contributed by atoms with Gasteiger partial charge in [0.2, 0.25) is 0 Å². The van der Waals surface area contributed by atoms with Crippen molar-refractivity contribution in [3.63, 3.8) is 0 Å². The molecule has 2 aliphatic heterocycles. The first kappa shape index (κ1) is 18.8. The minimum atomic E-state index is 0.908. The van der Waals surface area contributed by atoms with Crippen LogP contribution in [0.1, 0.15) is 19.3 Å². The van der Waals surface area contributed by atoms with Crippen LogP contribution in [0.15, 0.2) is 51.7 Å². The standard InChI is InChI=1S/C11H20N4.C10H8S2/c1-2-10(3-1)14-6-8-15(9-7-14)11-12-4-5-13-11;11-9-5-3-8(4-6-9)10-2-1-7-12-10/h10H,1-9H2,(H,12,13);1-7,11H. The molecule has 6 heteroatoms. The van der Waals surface area contributed by atoms with Crippen LogP contribution in [0.3, 0.4) is 0 Å². The van der Waals surface area contributed by atoms with Gasteiger partial charge in [0.25, 0.3) is 0 Å². The van der Waals surface area contributed by atoms with Crippen LogP contribution in [0.25, 0.3) is 10.4 Å². The lowest BCUT2D eigenvalue weighted by Gasteiger charge is -2.43. The number of hydrogen-bond acceptors (Lipinski definition) is 6. The van der Waals surface area contributed by atoms with Gasteiger partial charge in [-0.1, -0.05) is 24.6 Å². The lowest BCUT2D eigenvalue weighted by atomic mass is 9.91. The van der Waals surface area contributed by atoms with E-state index in [1.807, 2.05) is 12.1 Å². The molecule has 0 bridgehead atoms. The zero-order valence-electron chi connectivity index (χ0n) is 15.7. The van der Waals surface area contributed by atoms with Gasteiger partial charge in [-0.2, -0.15) is 0 Å². The van der Waals surface area contributed by atoms with Gasteiger partial charge in [-0.15, -0.1) is 24.0 Å². The van der Waals surface area contributed by atoms with Gasteiger partial charge in [0.15, 0.2) is 5.96 Å². The molecule has 1 saturated heterocycles. The molecule has 0 radical (unpaired) electrons. The zero-order chi connectivity index (χ0) is 18.5. The summed E-state index contributed by atoms with van der Waals surface area (Å²) < 4.78 is 0. The molecule has 27 heavy (non-hydrogen) atoms. The minimum Gasteiger partial charge on any atom is -0.354 e. The van der Waals surface area contributed by atoms with Crippen LogP contribution in [0.2, 0.25) is 0 Å². The molecular formula is C21H28N4S2. The fourth-order valence-electron chi connectivity index (χ4n) is 3.72. The van der Waals surface area contributed by atoms with Crippen LogP contribution < -0.4 is 5.32 Å². The van der Waals surface area contributed by atoms with E-state index in [4.69, 9.17) is 0 Å². The molecule has 144 valence electrons. The number of benzene rings is 1. The molecule has 1 aromatic carbocycles. The fraction of sp³-hybridized carbons (Fsp3) is 0.476. The zero-order valence-corrected chi connectivity index (χ0v) is 17.4. The molecule has 0 spiro atoms. The largest absolute Gasteiger partial charge is 0.354 e. The second-order valence-electron chi connectivity index (χ2n) is 7.26. The number of nitrogens with zero attached hydrogens (tertiary/aromatic N) is 3. The number of nitrogens with one attached hydrogen (secondary N) is 1. The number of hydrogen-bond donors (Lipinski definition) is 2. The first-order chi connectivity index (χ1) is 13.3. The van der Waals surface area contributed by atoms with E-state index in [-0.39, 0.29) is 0 Å². The first-order valence-corrected chi connectivity index (χ1v) is 11.2. The van der Waals surface area contributed by atoms with E-state index in [9.17, 15) is 0 Å². The molecule has 0 atom stereocenters. The summed E-state index contributed by atoms with van der Waals surface area (Å²) in [4.78, 5) is 11.9. The van der Waals surface area contributed by atoms with E-state index in [0.29, 0.717) is 0 Å². The summed E-state index contributed by atoms with van der Waals surface area (Å²) in [5.74, 6) is 1.14. The molecule has 0 unspecified atom stereocenters. The Morgan fingerprint density at radius 3 is 2.37 bits per heavy atom. The van der Waals surface area contributed by atoms with Crippen molar-refractivity contribution in [2.75, 3.05) is 39.3 Å². The third-order valence-electron chi connectivity index (χ3n) is 5.53. The van der Waals surface area contributed by atoms with Crippen LogP contribution >= 0.6 is 24.0 Å². The van der Waals surface area contributed by atoms with Gasteiger partial charge in [-0.3, -0.25) is 9.89 Å². The molecule has 3 heterocycles. The Morgan fingerprint density at radius 2 is 1.81 bits per heavy atom. The Balaban J connectivity index is 0.000000137.